The van der Waals surface area contributed by atoms with Crippen molar-refractivity contribution >= 4 is 33.4 Å². The third-order valence-electron chi connectivity index (χ3n) is 2.65. The summed E-state index contributed by atoms with van der Waals surface area (Å²) in [4.78, 5) is 12.4. The highest BCUT2D eigenvalue weighted by atomic mass is 35.5. The fraction of sp³-hybridized carbons (Fsp3) is 0.0833. The minimum atomic E-state index is -1.25. The first-order valence-corrected chi connectivity index (χ1v) is 7.39. The summed E-state index contributed by atoms with van der Waals surface area (Å²) >= 11 is 6.12. The lowest BCUT2D eigenvalue weighted by molar-refractivity contribution is 0.677. The van der Waals surface area contributed by atoms with Crippen LogP contribution in [0.15, 0.2) is 41.9 Å². The SMILES string of the molecule is CS(=O)c1nc2ccccc2n1-c1ncncc1Cl. The highest BCUT2D eigenvalue weighted by Gasteiger charge is 2.17. The third-order valence-corrected chi connectivity index (χ3v) is 3.70. The van der Waals surface area contributed by atoms with Crippen molar-refractivity contribution in [3.05, 3.63) is 41.8 Å². The van der Waals surface area contributed by atoms with Gasteiger partial charge in [-0.1, -0.05) is 23.7 Å². The van der Waals surface area contributed by atoms with E-state index in [9.17, 15) is 4.21 Å². The smallest absolute Gasteiger partial charge is 0.205 e. The van der Waals surface area contributed by atoms with E-state index in [1.54, 1.807) is 10.8 Å². The summed E-state index contributed by atoms with van der Waals surface area (Å²) in [6.45, 7) is 0. The van der Waals surface area contributed by atoms with E-state index in [1.807, 2.05) is 24.3 Å². The molecular weight excluding hydrogens is 284 g/mol. The van der Waals surface area contributed by atoms with Crippen molar-refractivity contribution in [1.29, 1.82) is 0 Å². The van der Waals surface area contributed by atoms with Crippen LogP contribution in [-0.2, 0) is 10.8 Å². The number of imidazole rings is 1. The van der Waals surface area contributed by atoms with E-state index in [1.165, 1.54) is 12.5 Å². The van der Waals surface area contributed by atoms with Crippen LogP contribution in [0.1, 0.15) is 0 Å². The lowest BCUT2D eigenvalue weighted by Crippen LogP contribution is -2.05. The van der Waals surface area contributed by atoms with Gasteiger partial charge in [-0.3, -0.25) is 8.78 Å². The lowest BCUT2D eigenvalue weighted by Gasteiger charge is -2.07. The summed E-state index contributed by atoms with van der Waals surface area (Å²) in [7, 11) is -1.25. The van der Waals surface area contributed by atoms with Crippen LogP contribution in [0.5, 0.6) is 0 Å². The van der Waals surface area contributed by atoms with Crippen LogP contribution in [0.4, 0.5) is 0 Å². The van der Waals surface area contributed by atoms with Crippen molar-refractivity contribution in [3.8, 4) is 5.82 Å². The van der Waals surface area contributed by atoms with Crippen LogP contribution in [-0.4, -0.2) is 30.0 Å². The maximum atomic E-state index is 11.9. The van der Waals surface area contributed by atoms with Crippen LogP contribution in [0.2, 0.25) is 5.02 Å². The van der Waals surface area contributed by atoms with E-state index in [0.29, 0.717) is 16.0 Å². The van der Waals surface area contributed by atoms with Crippen molar-refractivity contribution in [3.63, 3.8) is 0 Å². The number of halogens is 1. The molecule has 3 aromatic rings. The summed E-state index contributed by atoms with van der Waals surface area (Å²) in [5.74, 6) is 0.482. The molecule has 0 amide bonds. The molecule has 0 aliphatic heterocycles. The molecule has 0 spiro atoms. The molecule has 0 aliphatic carbocycles. The van der Waals surface area contributed by atoms with Gasteiger partial charge < -0.3 is 0 Å². The van der Waals surface area contributed by atoms with Crippen LogP contribution >= 0.6 is 11.6 Å². The topological polar surface area (TPSA) is 60.7 Å². The Morgan fingerprint density at radius 1 is 1.32 bits per heavy atom. The average Bonchev–Trinajstić information content (AvgIpc) is 2.79. The summed E-state index contributed by atoms with van der Waals surface area (Å²) in [5.41, 5.74) is 1.57. The highest BCUT2D eigenvalue weighted by Crippen LogP contribution is 2.25. The minimum Gasteiger partial charge on any atom is -0.268 e. The molecule has 5 nitrogen and oxygen atoms in total. The highest BCUT2D eigenvalue weighted by molar-refractivity contribution is 7.84. The maximum absolute atomic E-state index is 11.9. The Labute approximate surface area is 116 Å². The van der Waals surface area contributed by atoms with E-state index in [2.05, 4.69) is 15.0 Å². The Kier molecular flexibility index (Phi) is 3.04. The van der Waals surface area contributed by atoms with E-state index in [-0.39, 0.29) is 0 Å². The quantitative estimate of drug-likeness (QED) is 0.726. The molecular formula is C12H9ClN4OS. The molecule has 2 aromatic heterocycles. The van der Waals surface area contributed by atoms with Gasteiger partial charge in [0.2, 0.25) is 5.16 Å². The summed E-state index contributed by atoms with van der Waals surface area (Å²) < 4.78 is 13.6. The van der Waals surface area contributed by atoms with Crippen LogP contribution < -0.4 is 0 Å². The van der Waals surface area contributed by atoms with Crippen LogP contribution in [0, 0.1) is 0 Å². The Bertz CT molecular complexity index is 786. The van der Waals surface area contributed by atoms with E-state index < -0.39 is 10.8 Å². The van der Waals surface area contributed by atoms with Crippen molar-refractivity contribution in [2.24, 2.45) is 0 Å². The summed E-state index contributed by atoms with van der Waals surface area (Å²) in [6.07, 6.45) is 4.48. The van der Waals surface area contributed by atoms with Gasteiger partial charge in [-0.15, -0.1) is 0 Å². The fourth-order valence-electron chi connectivity index (χ4n) is 1.87. The van der Waals surface area contributed by atoms with Gasteiger partial charge in [-0.2, -0.15) is 0 Å². The number of benzene rings is 1. The standard InChI is InChI=1S/C12H9ClN4OS/c1-19(18)12-16-9-4-2-3-5-10(9)17(12)11-8(13)6-14-7-15-11/h2-7H,1H3. The number of hydrogen-bond donors (Lipinski definition) is 0. The van der Waals surface area contributed by atoms with Crippen molar-refractivity contribution in [1.82, 2.24) is 19.5 Å². The summed E-state index contributed by atoms with van der Waals surface area (Å²) in [6, 6.07) is 7.51. The monoisotopic (exact) mass is 292 g/mol. The van der Waals surface area contributed by atoms with E-state index in [0.717, 1.165) is 11.0 Å². The second-order valence-electron chi connectivity index (χ2n) is 3.87. The first kappa shape index (κ1) is 12.3. The molecule has 1 unspecified atom stereocenters. The predicted molar refractivity (Wildman–Crippen MR) is 74.0 cm³/mol. The number of hydrogen-bond acceptors (Lipinski definition) is 4. The van der Waals surface area contributed by atoms with Crippen LogP contribution in [0.25, 0.3) is 16.9 Å². The zero-order valence-corrected chi connectivity index (χ0v) is 11.5. The van der Waals surface area contributed by atoms with E-state index >= 15 is 0 Å². The van der Waals surface area contributed by atoms with Gasteiger partial charge in [0.25, 0.3) is 0 Å². The number of aromatic nitrogens is 4. The lowest BCUT2D eigenvalue weighted by atomic mass is 10.3. The predicted octanol–water partition coefficient (Wildman–Crippen LogP) is 2.21. The molecule has 0 bridgehead atoms. The fourth-order valence-corrected chi connectivity index (χ4v) is 2.73. The molecule has 0 radical (unpaired) electrons. The first-order valence-electron chi connectivity index (χ1n) is 5.45. The van der Waals surface area contributed by atoms with Gasteiger partial charge in [0.15, 0.2) is 5.82 Å². The zero-order chi connectivity index (χ0) is 13.4. The van der Waals surface area contributed by atoms with Gasteiger partial charge in [-0.25, -0.2) is 15.0 Å². The third kappa shape index (κ3) is 2.02. The summed E-state index contributed by atoms with van der Waals surface area (Å²) in [5, 5.41) is 0.805. The van der Waals surface area contributed by atoms with Crippen molar-refractivity contribution in [2.75, 3.05) is 6.26 Å². The Hall–Kier alpha value is -1.79. The Morgan fingerprint density at radius 3 is 2.84 bits per heavy atom. The Balaban J connectivity index is 2.42. The first-order chi connectivity index (χ1) is 9.18. The zero-order valence-electron chi connectivity index (χ0n) is 9.95. The molecule has 3 rings (SSSR count). The second-order valence-corrected chi connectivity index (χ2v) is 5.55. The molecule has 1 aromatic carbocycles. The minimum absolute atomic E-state index is 0.386. The molecule has 19 heavy (non-hydrogen) atoms. The number of rotatable bonds is 2. The van der Waals surface area contributed by atoms with Crippen LogP contribution in [0.3, 0.4) is 0 Å². The van der Waals surface area contributed by atoms with E-state index in [4.69, 9.17) is 11.6 Å². The van der Waals surface area contributed by atoms with Gasteiger partial charge in [0.05, 0.1) is 28.0 Å². The molecule has 0 saturated heterocycles. The molecule has 0 saturated carbocycles. The van der Waals surface area contributed by atoms with Gasteiger partial charge >= 0.3 is 0 Å². The molecule has 2 heterocycles. The largest absolute Gasteiger partial charge is 0.268 e. The second kappa shape index (κ2) is 4.71. The average molecular weight is 293 g/mol. The van der Waals surface area contributed by atoms with Gasteiger partial charge in [-0.05, 0) is 12.1 Å². The Morgan fingerprint density at radius 2 is 2.11 bits per heavy atom. The maximum Gasteiger partial charge on any atom is 0.205 e. The number of nitrogens with zero attached hydrogens (tertiary/aromatic N) is 4. The molecule has 1 atom stereocenters. The molecule has 0 N–H and O–H groups in total. The molecule has 0 aliphatic rings. The van der Waals surface area contributed by atoms with Crippen molar-refractivity contribution in [2.45, 2.75) is 5.16 Å². The van der Waals surface area contributed by atoms with Gasteiger partial charge in [0, 0.05) is 6.26 Å². The number of para-hydroxylation sites is 2. The molecule has 0 fully saturated rings. The van der Waals surface area contributed by atoms with Crippen molar-refractivity contribution < 1.29 is 4.21 Å². The normalized spacial score (nSPS) is 12.7. The molecule has 96 valence electrons. The molecule has 7 heteroatoms. The van der Waals surface area contributed by atoms with Gasteiger partial charge in [0.1, 0.15) is 11.3 Å². The number of fused-ring (bicyclic) bond motifs is 1.